The maximum absolute atomic E-state index is 12.8. The number of nitrogens with zero attached hydrogens (tertiary/aromatic N) is 6. The molecule has 4 radical (unpaired) electrons. The summed E-state index contributed by atoms with van der Waals surface area (Å²) in [6.07, 6.45) is 11.7. The van der Waals surface area contributed by atoms with E-state index >= 15 is 0 Å². The van der Waals surface area contributed by atoms with E-state index in [0.717, 1.165) is 35.7 Å². The summed E-state index contributed by atoms with van der Waals surface area (Å²) in [4.78, 5) is 110. The van der Waals surface area contributed by atoms with Gasteiger partial charge in [0.05, 0.1) is 72.2 Å². The Kier molecular flexibility index (Phi) is 35.0. The zero-order chi connectivity index (χ0) is 80.1. The van der Waals surface area contributed by atoms with Crippen molar-refractivity contribution in [3.63, 3.8) is 0 Å². The Labute approximate surface area is 642 Å². The number of carbonyl (C=O) groups excluding carboxylic acids is 6. The van der Waals surface area contributed by atoms with Gasteiger partial charge < -0.3 is 62.7 Å². The van der Waals surface area contributed by atoms with Gasteiger partial charge in [-0.1, -0.05) is 12.1 Å². The van der Waals surface area contributed by atoms with Crippen LogP contribution < -0.4 is 27.6 Å². The number of pyridine rings is 4. The highest BCUT2D eigenvalue weighted by Crippen LogP contribution is 2.43. The average Bonchev–Trinajstić information content (AvgIpc) is 1.65. The van der Waals surface area contributed by atoms with E-state index in [9.17, 15) is 38.4 Å². The summed E-state index contributed by atoms with van der Waals surface area (Å²) in [5.41, 5.74) is 7.06. The van der Waals surface area contributed by atoms with Gasteiger partial charge in [0.25, 0.3) is 11.1 Å². The van der Waals surface area contributed by atoms with Gasteiger partial charge in [-0.3, -0.25) is 23.2 Å². The van der Waals surface area contributed by atoms with Gasteiger partial charge in [0, 0.05) is 72.3 Å². The Morgan fingerprint density at radius 2 is 0.857 bits per heavy atom. The maximum atomic E-state index is 12.8. The summed E-state index contributed by atoms with van der Waals surface area (Å²) in [6.45, 7) is 43.9. The minimum absolute atomic E-state index is 0.0631. The summed E-state index contributed by atoms with van der Waals surface area (Å²) >= 11 is 9.89. The summed E-state index contributed by atoms with van der Waals surface area (Å²) < 4.78 is 65.3. The van der Waals surface area contributed by atoms with E-state index < -0.39 is 73.3 Å². The first-order valence-electron chi connectivity index (χ1n) is 33.4. The van der Waals surface area contributed by atoms with Gasteiger partial charge in [0.2, 0.25) is 0 Å². The number of aromatic nitrogens is 6. The van der Waals surface area contributed by atoms with E-state index in [1.54, 1.807) is 66.3 Å². The molecule has 0 saturated carbocycles. The average molecular weight is 1650 g/mol. The second kappa shape index (κ2) is 40.0. The molecule has 105 heavy (non-hydrogen) atoms. The number of nitrogens with two attached hydrogens (primary N) is 1. The highest BCUT2D eigenvalue weighted by Gasteiger charge is 2.64. The first-order chi connectivity index (χ1) is 48.8. The fourth-order valence-corrected chi connectivity index (χ4v) is 10.6. The number of ketones is 1. The van der Waals surface area contributed by atoms with Crippen LogP contribution in [0.15, 0.2) is 108 Å². The first-order valence-corrected chi connectivity index (χ1v) is 35.8. The number of nitrogen functional groups attached to an aromatic ring is 1. The SMILES string of the molecule is C/C=C(\C(C)=O)C(=O)OCC.CC1(C)OB(B2OC(C)(C)C(C)(C)O2)OC1(C)C.CCOC(=O)C(=CNc1ncc(Br)cc1C)C(=O)OCC.CCOC(=O)c1cnc2c(C)cc(B3OC(C)(C)C(C)(C)O3)cn2c1=O.CCOC(=O)c1cnc2c(C)cc(Br)cn2c1=O.Cc1cc(Br)cnc1N.[B][B]. The largest absolute Gasteiger partial charge is 0.496 e. The predicted octanol–water partition coefficient (Wildman–Crippen LogP) is 10.3. The third-order valence-electron chi connectivity index (χ3n) is 16.9. The molecule has 3 aliphatic rings. The van der Waals surface area contributed by atoms with Crippen LogP contribution in [0.3, 0.4) is 0 Å². The fourth-order valence-electron chi connectivity index (χ4n) is 9.18. The Morgan fingerprint density at radius 3 is 1.22 bits per heavy atom. The number of hydrogen-bond donors (Lipinski definition) is 2. The number of allylic oxidation sites excluding steroid dienone is 1. The fraction of sp³-hybridized carbons (Fsp3) is 0.486. The molecule has 9 heterocycles. The van der Waals surface area contributed by atoms with Gasteiger partial charge in [-0.15, -0.1) is 0 Å². The van der Waals surface area contributed by atoms with Crippen LogP contribution in [-0.4, -0.2) is 168 Å². The van der Waals surface area contributed by atoms with Crippen LogP contribution in [0.5, 0.6) is 0 Å². The number of rotatable bonds is 15. The lowest BCUT2D eigenvalue weighted by molar-refractivity contribution is -0.147. The van der Waals surface area contributed by atoms with Gasteiger partial charge >= 0.3 is 51.0 Å². The smallest absolute Gasteiger partial charge is 0.462 e. The quantitative estimate of drug-likeness (QED) is 0.0241. The van der Waals surface area contributed by atoms with Crippen molar-refractivity contribution in [2.45, 2.75) is 193 Å². The lowest BCUT2D eigenvalue weighted by Gasteiger charge is -2.32. The number of aryl methyl sites for hydroxylation is 4. The van der Waals surface area contributed by atoms with E-state index in [1.807, 2.05) is 135 Å². The number of halogens is 3. The highest BCUT2D eigenvalue weighted by molar-refractivity contribution is 9.11. The van der Waals surface area contributed by atoms with E-state index in [4.69, 9.17) is 52.6 Å². The molecule has 0 aliphatic carbocycles. The Balaban J connectivity index is 0.000000335. The van der Waals surface area contributed by atoms with E-state index in [2.05, 4.69) is 93.3 Å². The highest BCUT2D eigenvalue weighted by atomic mass is 79.9. The molecule has 6 aromatic rings. The van der Waals surface area contributed by atoms with Crippen molar-refractivity contribution >= 4 is 148 Å². The molecule has 0 unspecified atom stereocenters. The van der Waals surface area contributed by atoms with Crippen molar-refractivity contribution in [1.82, 2.24) is 28.7 Å². The van der Waals surface area contributed by atoms with Crippen LogP contribution in [0.1, 0.15) is 175 Å². The van der Waals surface area contributed by atoms with Crippen LogP contribution in [0.4, 0.5) is 11.6 Å². The zero-order valence-corrected chi connectivity index (χ0v) is 68.8. The number of fused-ring (bicyclic) bond motifs is 2. The molecule has 27 nitrogen and oxygen atoms in total. The molecule has 6 aromatic heterocycles. The maximum Gasteiger partial charge on any atom is 0.496 e. The number of Topliss-reactive ketones (excluding diaryl/α,β-unsaturated/α-hetero) is 1. The number of hydrogen-bond acceptors (Lipinski definition) is 25. The molecule has 0 amide bonds. The first kappa shape index (κ1) is 91.9. The van der Waals surface area contributed by atoms with E-state index in [-0.39, 0.29) is 76.9 Å². The second-order valence-corrected chi connectivity index (χ2v) is 29.0. The summed E-state index contributed by atoms with van der Waals surface area (Å²) in [5.74, 6) is -2.48. The van der Waals surface area contributed by atoms with Crippen molar-refractivity contribution in [3.05, 3.63) is 152 Å². The molecule has 3 N–H and O–H groups in total. The van der Waals surface area contributed by atoms with Crippen LogP contribution in [0, 0.1) is 27.7 Å². The number of nitrogens with one attached hydrogen (secondary N) is 1. The van der Waals surface area contributed by atoms with Crippen LogP contribution in [0.2, 0.25) is 0 Å². The van der Waals surface area contributed by atoms with Crippen molar-refractivity contribution in [2.24, 2.45) is 0 Å². The van der Waals surface area contributed by atoms with Crippen molar-refractivity contribution in [3.8, 4) is 0 Å². The molecule has 0 bridgehead atoms. The molecule has 564 valence electrons. The Hall–Kier alpha value is -7.36. The summed E-state index contributed by atoms with van der Waals surface area (Å²) in [6, 6.07) is 7.53. The Morgan fingerprint density at radius 1 is 0.505 bits per heavy atom. The van der Waals surface area contributed by atoms with Crippen molar-refractivity contribution in [2.75, 3.05) is 44.1 Å². The topological polar surface area (TPSA) is 337 Å². The van der Waals surface area contributed by atoms with Gasteiger partial charge in [-0.05, 0) is 253 Å². The number of carbonyl (C=O) groups is 6. The molecular formula is C70H94B5Br3N8O19. The number of ether oxygens (including phenoxy) is 5. The van der Waals surface area contributed by atoms with Crippen LogP contribution in [0.25, 0.3) is 11.3 Å². The van der Waals surface area contributed by atoms with Crippen LogP contribution >= 0.6 is 47.8 Å². The standard InChI is InChI=1S/C18H23BN2O5.C14H17BrN2O4.C12H24B2O4.C12H11BrN2O3.C8H12O3.C6H7BrN2.B2/c1-7-24-16(23)13-9-20-14-11(2)8-12(10-21(14)15(13)22)19-25-17(3,4)18(5,6)26-19;1-4-20-13(18)11(14(19)21-5-2)8-17-12-9(3)6-10(15)7-16-12;1-9(2)10(3,4)16-13(15-9)14-17-11(5,6)12(7,8)18-14;1-3-18-12(17)9-5-14-10-7(2)4-8(13)6-15(10)11(9)16;1-4-7(6(3)9)8(10)11-5-2;1-4-2-5(7)3-9-6(4)8;1-2/h8-10H,7H2,1-6H3;6-8H,4-5H2,1-3H3,(H,16,17);1-8H3;4-6H,3H2,1-2H3;4H,5H2,1-3H3;2-3H,1H3,(H2,8,9);/b;;;;7-4+;;. The predicted molar refractivity (Wildman–Crippen MR) is 415 cm³/mol. The minimum atomic E-state index is -0.738. The zero-order valence-electron chi connectivity index (χ0n) is 64.0. The monoisotopic (exact) mass is 1640 g/mol. The lowest BCUT2D eigenvalue weighted by atomic mass is 9.49. The third-order valence-corrected chi connectivity index (χ3v) is 18.2. The third kappa shape index (κ3) is 24.6. The normalized spacial score (nSPS) is 15.8. The van der Waals surface area contributed by atoms with E-state index in [0.29, 0.717) is 35.0 Å². The molecule has 3 aliphatic heterocycles. The molecular weight excluding hydrogens is 1550 g/mol. The van der Waals surface area contributed by atoms with Crippen molar-refractivity contribution < 1.29 is 80.4 Å². The lowest BCUT2D eigenvalue weighted by Crippen LogP contribution is -2.41. The molecule has 0 atom stereocenters. The van der Waals surface area contributed by atoms with Gasteiger partial charge in [0.15, 0.2) is 11.4 Å². The van der Waals surface area contributed by atoms with Gasteiger partial charge in [-0.2, -0.15) is 0 Å². The van der Waals surface area contributed by atoms with Crippen LogP contribution in [-0.2, 0) is 70.8 Å². The molecule has 3 saturated heterocycles. The number of anilines is 2. The minimum Gasteiger partial charge on any atom is -0.462 e. The van der Waals surface area contributed by atoms with Gasteiger partial charge in [0.1, 0.15) is 34.1 Å². The molecule has 0 spiro atoms. The number of esters is 5. The molecule has 35 heteroatoms. The van der Waals surface area contributed by atoms with Crippen molar-refractivity contribution in [1.29, 1.82) is 0 Å². The Bertz CT molecular complexity index is 4170. The molecule has 0 aromatic carbocycles. The molecule has 9 rings (SSSR count). The molecule has 3 fully saturated rings. The van der Waals surface area contributed by atoms with Gasteiger partial charge in [-0.25, -0.2) is 43.9 Å². The summed E-state index contributed by atoms with van der Waals surface area (Å²) in [5, 5.41) is 2.82. The second-order valence-electron chi connectivity index (χ2n) is 26.2. The summed E-state index contributed by atoms with van der Waals surface area (Å²) in [7, 11) is 6.44. The van der Waals surface area contributed by atoms with E-state index in [1.165, 1.54) is 40.4 Å².